The minimum absolute atomic E-state index is 0.221. The summed E-state index contributed by atoms with van der Waals surface area (Å²) in [5, 5.41) is 11.4. The SMILES string of the molecule is OC(Cc1ccc2ccccc2n1)C1CCCC1. The second-order valence-corrected chi connectivity index (χ2v) is 5.31. The van der Waals surface area contributed by atoms with Crippen molar-refractivity contribution in [2.24, 2.45) is 5.92 Å². The summed E-state index contributed by atoms with van der Waals surface area (Å²) in [7, 11) is 0. The van der Waals surface area contributed by atoms with E-state index in [9.17, 15) is 5.11 Å². The first-order chi connectivity index (χ1) is 8.83. The second-order valence-electron chi connectivity index (χ2n) is 5.31. The molecule has 18 heavy (non-hydrogen) atoms. The Kier molecular flexibility index (Phi) is 3.28. The number of rotatable bonds is 3. The van der Waals surface area contributed by atoms with Crippen LogP contribution in [0.2, 0.25) is 0 Å². The molecule has 1 aromatic carbocycles. The topological polar surface area (TPSA) is 33.1 Å². The third-order valence-corrected chi connectivity index (χ3v) is 4.02. The normalized spacial score (nSPS) is 18.3. The molecule has 1 aliphatic rings. The van der Waals surface area contributed by atoms with E-state index in [4.69, 9.17) is 0 Å². The van der Waals surface area contributed by atoms with Crippen molar-refractivity contribution in [2.45, 2.75) is 38.2 Å². The molecule has 0 aliphatic heterocycles. The van der Waals surface area contributed by atoms with Crippen LogP contribution in [-0.2, 0) is 6.42 Å². The summed E-state index contributed by atoms with van der Waals surface area (Å²) in [6.45, 7) is 0. The van der Waals surface area contributed by atoms with Crippen LogP contribution in [0, 0.1) is 5.92 Å². The van der Waals surface area contributed by atoms with E-state index in [1.807, 2.05) is 24.3 Å². The van der Waals surface area contributed by atoms with E-state index >= 15 is 0 Å². The van der Waals surface area contributed by atoms with Gasteiger partial charge in [-0.1, -0.05) is 37.1 Å². The van der Waals surface area contributed by atoms with Crippen molar-refractivity contribution in [2.75, 3.05) is 0 Å². The maximum Gasteiger partial charge on any atom is 0.0705 e. The highest BCUT2D eigenvalue weighted by molar-refractivity contribution is 5.78. The molecule has 3 rings (SSSR count). The van der Waals surface area contributed by atoms with E-state index in [0.29, 0.717) is 12.3 Å². The van der Waals surface area contributed by atoms with Crippen molar-refractivity contribution in [1.82, 2.24) is 4.98 Å². The predicted octanol–water partition coefficient (Wildman–Crippen LogP) is 3.33. The molecule has 1 aliphatic carbocycles. The average Bonchev–Trinajstić information content (AvgIpc) is 2.92. The molecule has 0 saturated heterocycles. The molecule has 1 aromatic heterocycles. The van der Waals surface area contributed by atoms with Crippen LogP contribution in [0.1, 0.15) is 31.4 Å². The zero-order valence-electron chi connectivity index (χ0n) is 10.5. The molecular formula is C16H19NO. The first-order valence-corrected chi connectivity index (χ1v) is 6.86. The van der Waals surface area contributed by atoms with Gasteiger partial charge in [-0.15, -0.1) is 0 Å². The van der Waals surface area contributed by atoms with E-state index in [0.717, 1.165) is 16.6 Å². The smallest absolute Gasteiger partial charge is 0.0705 e. The average molecular weight is 241 g/mol. The summed E-state index contributed by atoms with van der Waals surface area (Å²) in [6, 6.07) is 12.3. The molecule has 1 N–H and O–H groups in total. The van der Waals surface area contributed by atoms with Gasteiger partial charge in [-0.2, -0.15) is 0 Å². The Morgan fingerprint density at radius 3 is 2.72 bits per heavy atom. The third-order valence-electron chi connectivity index (χ3n) is 4.02. The molecule has 0 bridgehead atoms. The van der Waals surface area contributed by atoms with Gasteiger partial charge in [0.2, 0.25) is 0 Å². The van der Waals surface area contributed by atoms with Crippen molar-refractivity contribution in [3.63, 3.8) is 0 Å². The highest BCUT2D eigenvalue weighted by Gasteiger charge is 2.23. The number of hydrogen-bond donors (Lipinski definition) is 1. The van der Waals surface area contributed by atoms with Crippen molar-refractivity contribution >= 4 is 10.9 Å². The molecule has 0 spiro atoms. The van der Waals surface area contributed by atoms with E-state index in [1.165, 1.54) is 25.7 Å². The van der Waals surface area contributed by atoms with Crippen molar-refractivity contribution in [3.8, 4) is 0 Å². The number of para-hydroxylation sites is 1. The maximum atomic E-state index is 10.2. The lowest BCUT2D eigenvalue weighted by molar-refractivity contribution is 0.110. The summed E-state index contributed by atoms with van der Waals surface area (Å²) in [6.07, 6.45) is 5.36. The maximum absolute atomic E-state index is 10.2. The number of hydrogen-bond acceptors (Lipinski definition) is 2. The number of pyridine rings is 1. The van der Waals surface area contributed by atoms with Crippen molar-refractivity contribution in [3.05, 3.63) is 42.1 Å². The lowest BCUT2D eigenvalue weighted by Crippen LogP contribution is -2.20. The molecule has 2 aromatic rings. The molecule has 1 unspecified atom stereocenters. The number of aromatic nitrogens is 1. The van der Waals surface area contributed by atoms with Gasteiger partial charge < -0.3 is 5.11 Å². The Morgan fingerprint density at radius 1 is 1.11 bits per heavy atom. The fourth-order valence-corrected chi connectivity index (χ4v) is 2.95. The molecule has 1 fully saturated rings. The monoisotopic (exact) mass is 241 g/mol. The first-order valence-electron chi connectivity index (χ1n) is 6.86. The molecule has 94 valence electrons. The van der Waals surface area contributed by atoms with Crippen molar-refractivity contribution < 1.29 is 5.11 Å². The number of aliphatic hydroxyl groups is 1. The summed E-state index contributed by atoms with van der Waals surface area (Å²) in [5.74, 6) is 0.485. The molecular weight excluding hydrogens is 222 g/mol. The predicted molar refractivity (Wildman–Crippen MR) is 73.4 cm³/mol. The van der Waals surface area contributed by atoms with Gasteiger partial charge in [-0.05, 0) is 30.9 Å². The largest absolute Gasteiger partial charge is 0.392 e. The van der Waals surface area contributed by atoms with Gasteiger partial charge in [0, 0.05) is 17.5 Å². The summed E-state index contributed by atoms with van der Waals surface area (Å²) < 4.78 is 0. The number of aliphatic hydroxyl groups excluding tert-OH is 1. The van der Waals surface area contributed by atoms with Gasteiger partial charge in [0.05, 0.1) is 11.6 Å². The van der Waals surface area contributed by atoms with E-state index in [1.54, 1.807) is 0 Å². The molecule has 1 saturated carbocycles. The zero-order chi connectivity index (χ0) is 12.4. The summed E-state index contributed by atoms with van der Waals surface area (Å²) >= 11 is 0. The van der Waals surface area contributed by atoms with Crippen LogP contribution in [0.25, 0.3) is 10.9 Å². The van der Waals surface area contributed by atoms with Gasteiger partial charge in [0.15, 0.2) is 0 Å². The number of nitrogens with zero attached hydrogens (tertiary/aromatic N) is 1. The highest BCUT2D eigenvalue weighted by atomic mass is 16.3. The van der Waals surface area contributed by atoms with Crippen LogP contribution < -0.4 is 0 Å². The first kappa shape index (κ1) is 11.7. The Hall–Kier alpha value is -1.41. The van der Waals surface area contributed by atoms with Crippen LogP contribution in [0.3, 0.4) is 0 Å². The molecule has 0 amide bonds. The summed E-state index contributed by atoms with van der Waals surface area (Å²) in [5.41, 5.74) is 2.03. The number of fused-ring (bicyclic) bond motifs is 1. The van der Waals surface area contributed by atoms with Gasteiger partial charge in [0.25, 0.3) is 0 Å². The molecule has 2 heteroatoms. The van der Waals surface area contributed by atoms with E-state index in [-0.39, 0.29) is 6.10 Å². The Morgan fingerprint density at radius 2 is 1.89 bits per heavy atom. The molecule has 0 radical (unpaired) electrons. The second kappa shape index (κ2) is 5.07. The number of benzene rings is 1. The van der Waals surface area contributed by atoms with Crippen LogP contribution in [0.4, 0.5) is 0 Å². The van der Waals surface area contributed by atoms with Gasteiger partial charge in [-0.3, -0.25) is 4.98 Å². The van der Waals surface area contributed by atoms with Crippen LogP contribution in [0.5, 0.6) is 0 Å². The zero-order valence-corrected chi connectivity index (χ0v) is 10.5. The lowest BCUT2D eigenvalue weighted by Gasteiger charge is -2.17. The van der Waals surface area contributed by atoms with Crippen molar-refractivity contribution in [1.29, 1.82) is 0 Å². The summed E-state index contributed by atoms with van der Waals surface area (Å²) in [4.78, 5) is 4.63. The lowest BCUT2D eigenvalue weighted by atomic mass is 9.96. The van der Waals surface area contributed by atoms with Crippen LogP contribution in [0.15, 0.2) is 36.4 Å². The Balaban J connectivity index is 1.77. The highest BCUT2D eigenvalue weighted by Crippen LogP contribution is 2.29. The quantitative estimate of drug-likeness (QED) is 0.894. The minimum atomic E-state index is -0.221. The fraction of sp³-hybridized carbons (Fsp3) is 0.438. The van der Waals surface area contributed by atoms with E-state index < -0.39 is 0 Å². The van der Waals surface area contributed by atoms with Gasteiger partial charge >= 0.3 is 0 Å². The standard InChI is InChI=1S/C16H19NO/c18-16(13-6-1-2-7-13)11-14-10-9-12-5-3-4-8-15(12)17-14/h3-5,8-10,13,16,18H,1-2,6-7,11H2. The van der Waals surface area contributed by atoms with E-state index in [2.05, 4.69) is 17.1 Å². The van der Waals surface area contributed by atoms with Gasteiger partial charge in [0.1, 0.15) is 0 Å². The Labute approximate surface area is 108 Å². The Bertz CT molecular complexity index is 531. The fourth-order valence-electron chi connectivity index (χ4n) is 2.95. The minimum Gasteiger partial charge on any atom is -0.392 e. The molecule has 1 heterocycles. The third kappa shape index (κ3) is 2.39. The molecule has 1 atom stereocenters. The van der Waals surface area contributed by atoms with Crippen LogP contribution >= 0.6 is 0 Å². The van der Waals surface area contributed by atoms with Gasteiger partial charge in [-0.25, -0.2) is 0 Å². The van der Waals surface area contributed by atoms with Crippen LogP contribution in [-0.4, -0.2) is 16.2 Å². The molecule has 2 nitrogen and oxygen atoms in total.